The Bertz CT molecular complexity index is 465. The molecular formula is C14H19ClN2S2. The number of hydrogen-bond donors (Lipinski definition) is 2. The van der Waals surface area contributed by atoms with Gasteiger partial charge in [0.2, 0.25) is 0 Å². The highest BCUT2D eigenvalue weighted by Crippen LogP contribution is 2.30. The van der Waals surface area contributed by atoms with E-state index in [0.717, 1.165) is 16.5 Å². The standard InChI is InChI=1S/C14H19ClN2S2/c1-19-11-4-2-3-10(8-11)17-13-6-5-9(15)7-12(13)14(16)18/h5-7,10-11,17H,2-4,8H2,1H3,(H2,16,18). The Morgan fingerprint density at radius 1 is 1.47 bits per heavy atom. The van der Waals surface area contributed by atoms with Crippen LogP contribution in [-0.2, 0) is 0 Å². The maximum atomic E-state index is 6.00. The van der Waals surface area contributed by atoms with Crippen LogP contribution in [0.15, 0.2) is 18.2 Å². The summed E-state index contributed by atoms with van der Waals surface area (Å²) < 4.78 is 0. The summed E-state index contributed by atoms with van der Waals surface area (Å²) in [5.74, 6) is 0. The lowest BCUT2D eigenvalue weighted by atomic mass is 9.94. The van der Waals surface area contributed by atoms with Crippen LogP contribution in [-0.4, -0.2) is 22.5 Å². The Hall–Kier alpha value is -0.450. The predicted octanol–water partition coefficient (Wildman–Crippen LogP) is 4.06. The van der Waals surface area contributed by atoms with Crippen LogP contribution in [0.3, 0.4) is 0 Å². The number of thiocarbonyl (C=S) groups is 1. The number of thioether (sulfide) groups is 1. The summed E-state index contributed by atoms with van der Waals surface area (Å²) in [6.07, 6.45) is 7.19. The van der Waals surface area contributed by atoms with Gasteiger partial charge >= 0.3 is 0 Å². The molecule has 0 saturated heterocycles. The van der Waals surface area contributed by atoms with E-state index in [0.29, 0.717) is 16.1 Å². The first kappa shape index (κ1) is 14.9. The zero-order valence-corrected chi connectivity index (χ0v) is 13.4. The van der Waals surface area contributed by atoms with E-state index in [-0.39, 0.29) is 0 Å². The number of rotatable bonds is 4. The molecule has 1 fully saturated rings. The van der Waals surface area contributed by atoms with E-state index < -0.39 is 0 Å². The maximum Gasteiger partial charge on any atom is 0.106 e. The molecule has 2 atom stereocenters. The van der Waals surface area contributed by atoms with Gasteiger partial charge in [0, 0.05) is 27.6 Å². The minimum Gasteiger partial charge on any atom is -0.389 e. The lowest BCUT2D eigenvalue weighted by Crippen LogP contribution is -2.29. The number of nitrogens with one attached hydrogen (secondary N) is 1. The number of halogens is 1. The number of benzene rings is 1. The monoisotopic (exact) mass is 314 g/mol. The molecule has 1 aromatic carbocycles. The van der Waals surface area contributed by atoms with Crippen LogP contribution in [0.4, 0.5) is 5.69 Å². The largest absolute Gasteiger partial charge is 0.389 e. The first-order chi connectivity index (χ1) is 9.10. The molecule has 0 spiro atoms. The summed E-state index contributed by atoms with van der Waals surface area (Å²) in [7, 11) is 0. The highest BCUT2D eigenvalue weighted by Gasteiger charge is 2.22. The van der Waals surface area contributed by atoms with E-state index in [1.54, 1.807) is 0 Å². The van der Waals surface area contributed by atoms with Gasteiger partial charge in [0.15, 0.2) is 0 Å². The molecule has 1 aliphatic carbocycles. The van der Waals surface area contributed by atoms with Crippen molar-refractivity contribution in [3.8, 4) is 0 Å². The van der Waals surface area contributed by atoms with Crippen molar-refractivity contribution in [2.24, 2.45) is 5.73 Å². The van der Waals surface area contributed by atoms with Gasteiger partial charge in [-0.2, -0.15) is 11.8 Å². The van der Waals surface area contributed by atoms with Crippen molar-refractivity contribution in [1.82, 2.24) is 0 Å². The van der Waals surface area contributed by atoms with Crippen LogP contribution >= 0.6 is 35.6 Å². The first-order valence-electron chi connectivity index (χ1n) is 6.49. The Balaban J connectivity index is 2.12. The van der Waals surface area contributed by atoms with Gasteiger partial charge in [-0.25, -0.2) is 0 Å². The first-order valence-corrected chi connectivity index (χ1v) is 8.56. The Morgan fingerprint density at radius 2 is 2.26 bits per heavy atom. The Kier molecular flexibility index (Phi) is 5.37. The van der Waals surface area contributed by atoms with Crippen molar-refractivity contribution in [3.63, 3.8) is 0 Å². The van der Waals surface area contributed by atoms with Crippen molar-refractivity contribution in [2.45, 2.75) is 37.0 Å². The SMILES string of the molecule is CSC1CCCC(Nc2ccc(Cl)cc2C(N)=S)C1. The van der Waals surface area contributed by atoms with E-state index >= 15 is 0 Å². The van der Waals surface area contributed by atoms with Crippen LogP contribution in [0, 0.1) is 0 Å². The second-order valence-electron chi connectivity index (χ2n) is 4.92. The second-order valence-corrected chi connectivity index (χ2v) is 6.93. The fourth-order valence-corrected chi connectivity index (χ4v) is 3.72. The molecule has 2 unspecified atom stereocenters. The molecule has 0 amide bonds. The van der Waals surface area contributed by atoms with Gasteiger partial charge in [0.25, 0.3) is 0 Å². The van der Waals surface area contributed by atoms with Gasteiger partial charge < -0.3 is 11.1 Å². The molecule has 19 heavy (non-hydrogen) atoms. The average molecular weight is 315 g/mol. The molecule has 104 valence electrons. The maximum absolute atomic E-state index is 6.00. The molecule has 1 aromatic rings. The van der Waals surface area contributed by atoms with Crippen molar-refractivity contribution in [2.75, 3.05) is 11.6 Å². The van der Waals surface area contributed by atoms with E-state index in [1.807, 2.05) is 30.0 Å². The fourth-order valence-electron chi connectivity index (χ4n) is 2.56. The van der Waals surface area contributed by atoms with Crippen molar-refractivity contribution >= 4 is 46.3 Å². The van der Waals surface area contributed by atoms with Gasteiger partial charge in [0.1, 0.15) is 4.99 Å². The molecular weight excluding hydrogens is 296 g/mol. The van der Waals surface area contributed by atoms with Gasteiger partial charge in [-0.15, -0.1) is 0 Å². The zero-order chi connectivity index (χ0) is 13.8. The molecule has 0 radical (unpaired) electrons. The molecule has 0 aromatic heterocycles. The van der Waals surface area contributed by atoms with Crippen LogP contribution in [0.25, 0.3) is 0 Å². The van der Waals surface area contributed by atoms with Crippen molar-refractivity contribution < 1.29 is 0 Å². The normalized spacial score (nSPS) is 23.1. The lowest BCUT2D eigenvalue weighted by molar-refractivity contribution is 0.473. The summed E-state index contributed by atoms with van der Waals surface area (Å²) in [6, 6.07) is 6.18. The van der Waals surface area contributed by atoms with Gasteiger partial charge in [-0.05, 0) is 43.7 Å². The highest BCUT2D eigenvalue weighted by molar-refractivity contribution is 7.99. The summed E-state index contributed by atoms with van der Waals surface area (Å²) in [5, 5.41) is 5.00. The molecule has 0 aliphatic heterocycles. The molecule has 1 saturated carbocycles. The van der Waals surface area contributed by atoms with Gasteiger partial charge in [-0.1, -0.05) is 30.2 Å². The fraction of sp³-hybridized carbons (Fsp3) is 0.500. The minimum absolute atomic E-state index is 0.391. The molecule has 1 aliphatic rings. The lowest BCUT2D eigenvalue weighted by Gasteiger charge is -2.30. The van der Waals surface area contributed by atoms with Crippen LogP contribution in [0.5, 0.6) is 0 Å². The zero-order valence-electron chi connectivity index (χ0n) is 11.0. The number of nitrogens with two attached hydrogens (primary N) is 1. The summed E-state index contributed by atoms with van der Waals surface area (Å²) in [4.78, 5) is 0.391. The molecule has 3 N–H and O–H groups in total. The van der Waals surface area contributed by atoms with Gasteiger partial charge in [-0.3, -0.25) is 0 Å². The number of anilines is 1. The third kappa shape index (κ3) is 4.01. The second kappa shape index (κ2) is 6.82. The van der Waals surface area contributed by atoms with Crippen molar-refractivity contribution in [1.29, 1.82) is 0 Å². The van der Waals surface area contributed by atoms with Crippen molar-refractivity contribution in [3.05, 3.63) is 28.8 Å². The summed E-state index contributed by atoms with van der Waals surface area (Å²) in [6.45, 7) is 0. The topological polar surface area (TPSA) is 38.0 Å². The van der Waals surface area contributed by atoms with E-state index in [2.05, 4.69) is 11.6 Å². The molecule has 2 nitrogen and oxygen atoms in total. The Morgan fingerprint density at radius 3 is 2.95 bits per heavy atom. The summed E-state index contributed by atoms with van der Waals surface area (Å²) >= 11 is 13.1. The third-order valence-electron chi connectivity index (χ3n) is 3.57. The highest BCUT2D eigenvalue weighted by atomic mass is 35.5. The minimum atomic E-state index is 0.391. The average Bonchev–Trinajstić information content (AvgIpc) is 2.41. The molecule has 5 heteroatoms. The van der Waals surface area contributed by atoms with E-state index in [9.17, 15) is 0 Å². The van der Waals surface area contributed by atoms with Crippen LogP contribution < -0.4 is 11.1 Å². The molecule has 0 bridgehead atoms. The predicted molar refractivity (Wildman–Crippen MR) is 90.5 cm³/mol. The summed E-state index contributed by atoms with van der Waals surface area (Å²) in [5.41, 5.74) is 7.62. The van der Waals surface area contributed by atoms with E-state index in [4.69, 9.17) is 29.6 Å². The molecule has 2 rings (SSSR count). The third-order valence-corrected chi connectivity index (χ3v) is 5.12. The smallest absolute Gasteiger partial charge is 0.106 e. The Labute approximate surface area is 129 Å². The molecule has 0 heterocycles. The quantitative estimate of drug-likeness (QED) is 0.822. The van der Waals surface area contributed by atoms with Crippen LogP contribution in [0.2, 0.25) is 5.02 Å². The van der Waals surface area contributed by atoms with E-state index in [1.165, 1.54) is 25.7 Å². The van der Waals surface area contributed by atoms with Crippen LogP contribution in [0.1, 0.15) is 31.2 Å². The van der Waals surface area contributed by atoms with Gasteiger partial charge in [0.05, 0.1) is 0 Å². The number of hydrogen-bond acceptors (Lipinski definition) is 3.